The molecular weight excluding hydrogens is 371 g/mol. The van der Waals surface area contributed by atoms with Crippen LogP contribution in [0.4, 0.5) is 0 Å². The first-order chi connectivity index (χ1) is 12.7. The number of nitrogens with zero attached hydrogens (tertiary/aromatic N) is 4. The van der Waals surface area contributed by atoms with Crippen molar-refractivity contribution in [3.63, 3.8) is 0 Å². The van der Waals surface area contributed by atoms with Gasteiger partial charge in [-0.25, -0.2) is 0 Å². The summed E-state index contributed by atoms with van der Waals surface area (Å²) in [5.41, 5.74) is 1.10. The third-order valence-electron chi connectivity index (χ3n) is 2.85. The van der Waals surface area contributed by atoms with E-state index in [0.29, 0.717) is 17.1 Å². The van der Waals surface area contributed by atoms with Gasteiger partial charge in [-0.2, -0.15) is 0 Å². The van der Waals surface area contributed by atoms with E-state index in [1.165, 1.54) is 12.4 Å². The molecule has 0 bridgehead atoms. The van der Waals surface area contributed by atoms with E-state index in [1.807, 2.05) is 0 Å². The number of pyridine rings is 3. The largest absolute Gasteiger partial charge is 1.00 e. The monoisotopic (exact) mass is 386 g/mol. The number of hydrogen-bond acceptors (Lipinski definition) is 7. The summed E-state index contributed by atoms with van der Waals surface area (Å²) in [7, 11) is 0. The number of aliphatic hydroxyl groups excluding tert-OH is 2. The first-order valence-electron chi connectivity index (χ1n) is 7.26. The van der Waals surface area contributed by atoms with Gasteiger partial charge in [-0.3, -0.25) is 19.7 Å². The zero-order chi connectivity index (χ0) is 19.2. The Hall–Kier alpha value is -2.41. The van der Waals surface area contributed by atoms with E-state index in [1.54, 1.807) is 60.8 Å². The van der Waals surface area contributed by atoms with Crippen LogP contribution in [0.15, 0.2) is 73.2 Å². The predicted molar refractivity (Wildman–Crippen MR) is 95.1 cm³/mol. The summed E-state index contributed by atoms with van der Waals surface area (Å²) in [6.45, 7) is 4.75. The van der Waals surface area contributed by atoms with Gasteiger partial charge in [0.25, 0.3) is 0 Å². The van der Waals surface area contributed by atoms with Crippen LogP contribution in [-0.2, 0) is 0 Å². The molecule has 0 saturated carbocycles. The van der Waals surface area contributed by atoms with Crippen LogP contribution < -0.4 is 51.4 Å². The Kier molecular flexibility index (Phi) is 13.4. The molecule has 130 valence electrons. The maximum Gasteiger partial charge on any atom is 1.00 e. The van der Waals surface area contributed by atoms with Crippen molar-refractivity contribution in [2.24, 2.45) is 0 Å². The summed E-state index contributed by atoms with van der Waals surface area (Å²) in [6.07, 6.45) is 5.39. The van der Waals surface area contributed by atoms with E-state index >= 15 is 0 Å². The summed E-state index contributed by atoms with van der Waals surface area (Å²) in [5, 5.41) is 25.8. The minimum Gasteiger partial charge on any atom is -0.512 e. The summed E-state index contributed by atoms with van der Waals surface area (Å²) in [6, 6.07) is 15.3. The topological polar surface area (TPSA) is 120 Å². The molecule has 0 radical (unpaired) electrons. The number of rotatable bonds is 3. The van der Waals surface area contributed by atoms with Crippen LogP contribution in [0.1, 0.15) is 21.9 Å². The Balaban J connectivity index is 0.000000522. The number of aliphatic hydroxyl groups is 2. The van der Waals surface area contributed by atoms with E-state index in [-0.39, 0.29) is 62.9 Å². The van der Waals surface area contributed by atoms with Crippen molar-refractivity contribution in [3.8, 4) is 0 Å². The van der Waals surface area contributed by atoms with Crippen molar-refractivity contribution in [1.29, 1.82) is 5.26 Å². The quantitative estimate of drug-likeness (QED) is 0.290. The Labute approximate surface area is 199 Å². The Bertz CT molecular complexity index is 794. The molecule has 0 saturated heterocycles. The minimum atomic E-state index is -0.278. The SMILES string of the molecule is O/C(=C(/O)c1ccccn1)c1ccccn1.O=Cc1ccccn1.[C-]#N.[K+]. The molecule has 0 aromatic carbocycles. The molecule has 2 N–H and O–H groups in total. The molecule has 0 aliphatic rings. The van der Waals surface area contributed by atoms with Gasteiger partial charge in [-0.15, -0.1) is 0 Å². The van der Waals surface area contributed by atoms with Crippen molar-refractivity contribution in [2.75, 3.05) is 0 Å². The second-order valence-corrected chi connectivity index (χ2v) is 4.50. The van der Waals surface area contributed by atoms with Crippen molar-refractivity contribution in [3.05, 3.63) is 96.8 Å². The van der Waals surface area contributed by atoms with Gasteiger partial charge in [0.2, 0.25) is 0 Å². The first-order valence-corrected chi connectivity index (χ1v) is 7.26. The number of carbonyl (C=O) groups is 1. The average molecular weight is 386 g/mol. The Morgan fingerprint density at radius 3 is 1.44 bits per heavy atom. The van der Waals surface area contributed by atoms with E-state index in [4.69, 9.17) is 11.8 Å². The second kappa shape index (κ2) is 14.7. The Morgan fingerprint density at radius 1 is 0.778 bits per heavy atom. The molecule has 3 aromatic rings. The molecule has 0 aliphatic heterocycles. The van der Waals surface area contributed by atoms with Gasteiger partial charge in [0.15, 0.2) is 17.8 Å². The van der Waals surface area contributed by atoms with E-state index in [0.717, 1.165) is 6.29 Å². The second-order valence-electron chi connectivity index (χ2n) is 4.50. The molecule has 27 heavy (non-hydrogen) atoms. The van der Waals surface area contributed by atoms with E-state index in [9.17, 15) is 15.0 Å². The standard InChI is InChI=1S/C12H10N2O2.C6H5NO.CN.K/c15-11(9-5-1-3-7-13-9)12(16)10-6-2-4-8-14-10;8-5-6-3-1-2-4-7-6;1-2;/h1-8,15-16H;1-5H;;/q;;-1;+1/b12-11+;;;. The molecule has 3 rings (SSSR count). The molecule has 0 aliphatic carbocycles. The number of hydrogen-bond donors (Lipinski definition) is 2. The smallest absolute Gasteiger partial charge is 0.512 e. The van der Waals surface area contributed by atoms with Crippen LogP contribution in [0.5, 0.6) is 0 Å². The van der Waals surface area contributed by atoms with Crippen molar-refractivity contribution >= 4 is 17.8 Å². The van der Waals surface area contributed by atoms with Gasteiger partial charge in [-0.1, -0.05) is 18.2 Å². The molecule has 3 heterocycles. The normalized spacial score (nSPS) is 9.70. The van der Waals surface area contributed by atoms with Gasteiger partial charge in [-0.05, 0) is 36.4 Å². The summed E-state index contributed by atoms with van der Waals surface area (Å²) in [4.78, 5) is 21.5. The van der Waals surface area contributed by atoms with Gasteiger partial charge in [0.05, 0.1) is 0 Å². The van der Waals surface area contributed by atoms with Crippen LogP contribution in [0.3, 0.4) is 0 Å². The maximum atomic E-state index is 9.94. The molecule has 0 atom stereocenters. The van der Waals surface area contributed by atoms with Gasteiger partial charge in [0.1, 0.15) is 17.1 Å². The maximum absolute atomic E-state index is 9.94. The van der Waals surface area contributed by atoms with Gasteiger partial charge < -0.3 is 22.0 Å². The summed E-state index contributed by atoms with van der Waals surface area (Å²) >= 11 is 0. The molecule has 0 amide bonds. The number of aldehydes is 1. The van der Waals surface area contributed by atoms with Crippen LogP contribution in [-0.4, -0.2) is 31.5 Å². The molecule has 0 spiro atoms. The van der Waals surface area contributed by atoms with Crippen molar-refractivity contribution in [2.45, 2.75) is 0 Å². The van der Waals surface area contributed by atoms with Gasteiger partial charge >= 0.3 is 51.4 Å². The van der Waals surface area contributed by atoms with E-state index < -0.39 is 0 Å². The van der Waals surface area contributed by atoms with Crippen LogP contribution in [0.25, 0.3) is 11.5 Å². The summed E-state index contributed by atoms with van der Waals surface area (Å²) < 4.78 is 0. The fraction of sp³-hybridized carbons (Fsp3) is 0. The van der Waals surface area contributed by atoms with Crippen molar-refractivity contribution < 1.29 is 66.4 Å². The molecule has 0 fully saturated rings. The molecule has 0 unspecified atom stereocenters. The van der Waals surface area contributed by atoms with Crippen LogP contribution in [0.2, 0.25) is 0 Å². The third-order valence-corrected chi connectivity index (χ3v) is 2.85. The zero-order valence-corrected chi connectivity index (χ0v) is 17.7. The minimum absolute atomic E-state index is 0. The molecule has 7 nitrogen and oxygen atoms in total. The molecule has 8 heteroatoms. The zero-order valence-electron chi connectivity index (χ0n) is 14.6. The predicted octanol–water partition coefficient (Wildman–Crippen LogP) is 0.413. The average Bonchev–Trinajstić information content (AvgIpc) is 2.76. The molecular formula is C19H15KN4O3. The van der Waals surface area contributed by atoms with E-state index in [2.05, 4.69) is 15.0 Å². The number of aromatic nitrogens is 3. The van der Waals surface area contributed by atoms with Crippen molar-refractivity contribution in [1.82, 2.24) is 15.0 Å². The van der Waals surface area contributed by atoms with Crippen LogP contribution in [0, 0.1) is 11.8 Å². The fourth-order valence-corrected chi connectivity index (χ4v) is 1.69. The number of carbonyl (C=O) groups excluding carboxylic acids is 1. The van der Waals surface area contributed by atoms with Gasteiger partial charge in [0, 0.05) is 18.6 Å². The third kappa shape index (κ3) is 8.68. The fourth-order valence-electron chi connectivity index (χ4n) is 1.69. The first kappa shape index (κ1) is 24.6. The summed E-state index contributed by atoms with van der Waals surface area (Å²) in [5.74, 6) is -0.557. The Morgan fingerprint density at radius 2 is 1.19 bits per heavy atom. The van der Waals surface area contributed by atoms with Crippen LogP contribution >= 0.6 is 0 Å². The molecule has 3 aromatic heterocycles.